The summed E-state index contributed by atoms with van der Waals surface area (Å²) in [6.07, 6.45) is 2.37. The maximum absolute atomic E-state index is 13.2. The Kier molecular flexibility index (Phi) is 6.74. The van der Waals surface area contributed by atoms with Crippen molar-refractivity contribution >= 4 is 5.97 Å². The Bertz CT molecular complexity index is 747. The van der Waals surface area contributed by atoms with Gasteiger partial charge >= 0.3 is 5.97 Å². The molecule has 2 aromatic carbocycles. The van der Waals surface area contributed by atoms with E-state index in [1.165, 1.54) is 0 Å². The van der Waals surface area contributed by atoms with Gasteiger partial charge in [0.2, 0.25) is 0 Å². The van der Waals surface area contributed by atoms with Gasteiger partial charge in [0.25, 0.3) is 0 Å². The molecule has 3 atom stereocenters. The summed E-state index contributed by atoms with van der Waals surface area (Å²) in [5.74, 6) is 0.382. The minimum absolute atomic E-state index is 0.0178. The summed E-state index contributed by atoms with van der Waals surface area (Å²) in [6, 6.07) is 18.7. The smallest absolute Gasteiger partial charge is 0.314 e. The number of rotatable bonds is 6. The minimum atomic E-state index is -0.306. The first-order chi connectivity index (χ1) is 13.5. The van der Waals surface area contributed by atoms with Crippen molar-refractivity contribution in [3.8, 4) is 5.75 Å². The molecule has 150 valence electrons. The highest BCUT2D eigenvalue weighted by Crippen LogP contribution is 2.28. The molecule has 0 amide bonds. The zero-order valence-corrected chi connectivity index (χ0v) is 17.3. The van der Waals surface area contributed by atoms with Gasteiger partial charge in [-0.15, -0.1) is 0 Å². The summed E-state index contributed by atoms with van der Waals surface area (Å²) >= 11 is 0. The number of carbonyl (C=O) groups excluding carboxylic acids is 1. The second kappa shape index (κ2) is 9.24. The molecule has 4 nitrogen and oxygen atoms in total. The summed E-state index contributed by atoms with van der Waals surface area (Å²) in [6.45, 7) is 4.39. The van der Waals surface area contributed by atoms with E-state index in [1.807, 2.05) is 54.6 Å². The van der Waals surface area contributed by atoms with Crippen molar-refractivity contribution in [1.29, 1.82) is 0 Å². The van der Waals surface area contributed by atoms with E-state index in [0.29, 0.717) is 18.5 Å². The van der Waals surface area contributed by atoms with Crippen molar-refractivity contribution in [3.05, 3.63) is 65.7 Å². The molecular weight excluding hydrogens is 350 g/mol. The second-order valence-corrected chi connectivity index (χ2v) is 7.91. The Morgan fingerprint density at radius 2 is 1.64 bits per heavy atom. The average Bonchev–Trinajstić information content (AvgIpc) is 2.71. The van der Waals surface area contributed by atoms with Crippen LogP contribution in [0.4, 0.5) is 0 Å². The van der Waals surface area contributed by atoms with Crippen LogP contribution in [0, 0.1) is 0 Å². The van der Waals surface area contributed by atoms with E-state index < -0.39 is 0 Å². The summed E-state index contributed by atoms with van der Waals surface area (Å²) in [4.78, 5) is 15.5. The van der Waals surface area contributed by atoms with E-state index in [9.17, 15) is 4.79 Å². The maximum Gasteiger partial charge on any atom is 0.314 e. The SMILES string of the molecule is COc1ccc(C[C@H](C(=O)OC2C[C@@H](C)N(C)[C@H](C)C2)c2ccccc2)cc1. The lowest BCUT2D eigenvalue weighted by molar-refractivity contribution is -0.155. The van der Waals surface area contributed by atoms with E-state index in [-0.39, 0.29) is 18.0 Å². The lowest BCUT2D eigenvalue weighted by Gasteiger charge is -2.40. The van der Waals surface area contributed by atoms with Crippen LogP contribution < -0.4 is 4.74 Å². The third kappa shape index (κ3) is 4.93. The van der Waals surface area contributed by atoms with E-state index in [1.54, 1.807) is 7.11 Å². The minimum Gasteiger partial charge on any atom is -0.497 e. The number of piperidine rings is 1. The number of ether oxygens (including phenoxy) is 2. The van der Waals surface area contributed by atoms with Crippen LogP contribution >= 0.6 is 0 Å². The Balaban J connectivity index is 1.75. The van der Waals surface area contributed by atoms with Crippen LogP contribution in [0.1, 0.15) is 43.7 Å². The predicted octanol–water partition coefficient (Wildman–Crippen LogP) is 4.44. The van der Waals surface area contributed by atoms with Crippen molar-refractivity contribution in [2.45, 2.75) is 57.2 Å². The molecule has 1 aliphatic heterocycles. The second-order valence-electron chi connectivity index (χ2n) is 7.91. The van der Waals surface area contributed by atoms with Gasteiger partial charge in [-0.3, -0.25) is 4.79 Å². The van der Waals surface area contributed by atoms with E-state index in [2.05, 4.69) is 25.8 Å². The van der Waals surface area contributed by atoms with Gasteiger partial charge < -0.3 is 14.4 Å². The fourth-order valence-corrected chi connectivity index (χ4v) is 3.99. The zero-order chi connectivity index (χ0) is 20.1. The topological polar surface area (TPSA) is 38.8 Å². The van der Waals surface area contributed by atoms with Gasteiger partial charge in [-0.2, -0.15) is 0 Å². The first-order valence-electron chi connectivity index (χ1n) is 10.1. The number of hydrogen-bond acceptors (Lipinski definition) is 4. The zero-order valence-electron chi connectivity index (χ0n) is 17.3. The lowest BCUT2D eigenvalue weighted by atomic mass is 9.91. The molecule has 0 N–H and O–H groups in total. The van der Waals surface area contributed by atoms with Crippen molar-refractivity contribution in [3.63, 3.8) is 0 Å². The number of methoxy groups -OCH3 is 1. The van der Waals surface area contributed by atoms with Crippen LogP contribution in [0.25, 0.3) is 0 Å². The highest BCUT2D eigenvalue weighted by molar-refractivity contribution is 5.78. The highest BCUT2D eigenvalue weighted by atomic mass is 16.5. The monoisotopic (exact) mass is 381 g/mol. The summed E-state index contributed by atoms with van der Waals surface area (Å²) in [5, 5.41) is 0. The standard InChI is InChI=1S/C24H31NO3/c1-17-14-22(15-18(2)25(17)3)28-24(26)23(20-8-6-5-7-9-20)16-19-10-12-21(27-4)13-11-19/h5-13,17-18,22-23H,14-16H2,1-4H3/t17-,18-,23+/m1/s1. The van der Waals surface area contributed by atoms with Gasteiger partial charge in [0.1, 0.15) is 11.9 Å². The van der Waals surface area contributed by atoms with Gasteiger partial charge in [0, 0.05) is 12.1 Å². The fourth-order valence-electron chi connectivity index (χ4n) is 3.99. The van der Waals surface area contributed by atoms with Crippen molar-refractivity contribution in [2.24, 2.45) is 0 Å². The summed E-state index contributed by atoms with van der Waals surface area (Å²) in [5.41, 5.74) is 2.09. The Labute approximate surface area is 168 Å². The molecule has 28 heavy (non-hydrogen) atoms. The first-order valence-corrected chi connectivity index (χ1v) is 10.1. The number of hydrogen-bond donors (Lipinski definition) is 0. The molecule has 4 heteroatoms. The first kappa shape index (κ1) is 20.4. The fraction of sp³-hybridized carbons (Fsp3) is 0.458. The average molecular weight is 382 g/mol. The van der Waals surface area contributed by atoms with Crippen molar-refractivity contribution in [1.82, 2.24) is 4.90 Å². The van der Waals surface area contributed by atoms with Gasteiger partial charge in [0.05, 0.1) is 13.0 Å². The molecule has 0 spiro atoms. The Hall–Kier alpha value is -2.33. The number of benzene rings is 2. The van der Waals surface area contributed by atoms with E-state index in [4.69, 9.17) is 9.47 Å². The van der Waals surface area contributed by atoms with Gasteiger partial charge in [-0.1, -0.05) is 42.5 Å². The van der Waals surface area contributed by atoms with E-state index >= 15 is 0 Å². The summed E-state index contributed by atoms with van der Waals surface area (Å²) < 4.78 is 11.3. The van der Waals surface area contributed by atoms with Crippen molar-refractivity contribution < 1.29 is 14.3 Å². The van der Waals surface area contributed by atoms with Crippen LogP contribution in [-0.4, -0.2) is 43.2 Å². The van der Waals surface area contributed by atoms with Crippen LogP contribution in [0.3, 0.4) is 0 Å². The van der Waals surface area contributed by atoms with Crippen LogP contribution in [0.5, 0.6) is 5.75 Å². The molecule has 1 fully saturated rings. The largest absolute Gasteiger partial charge is 0.497 e. The molecule has 2 aromatic rings. The molecule has 1 heterocycles. The Morgan fingerprint density at radius 3 is 2.21 bits per heavy atom. The van der Waals surface area contributed by atoms with Gasteiger partial charge in [-0.25, -0.2) is 0 Å². The molecular formula is C24H31NO3. The highest BCUT2D eigenvalue weighted by Gasteiger charge is 2.32. The van der Waals surface area contributed by atoms with Crippen LogP contribution in [0.15, 0.2) is 54.6 Å². The number of nitrogens with zero attached hydrogens (tertiary/aromatic N) is 1. The van der Waals surface area contributed by atoms with Crippen LogP contribution in [0.2, 0.25) is 0 Å². The third-order valence-electron chi connectivity index (χ3n) is 5.97. The molecule has 1 aliphatic rings. The molecule has 0 bridgehead atoms. The molecule has 1 saturated heterocycles. The quantitative estimate of drug-likeness (QED) is 0.694. The molecule has 0 unspecified atom stereocenters. The molecule has 0 saturated carbocycles. The lowest BCUT2D eigenvalue weighted by Crippen LogP contribution is -2.47. The molecule has 0 aliphatic carbocycles. The van der Waals surface area contributed by atoms with Crippen molar-refractivity contribution in [2.75, 3.05) is 14.2 Å². The van der Waals surface area contributed by atoms with Gasteiger partial charge in [-0.05, 0) is 63.4 Å². The Morgan fingerprint density at radius 1 is 1.04 bits per heavy atom. The predicted molar refractivity (Wildman–Crippen MR) is 112 cm³/mol. The van der Waals surface area contributed by atoms with Gasteiger partial charge in [0.15, 0.2) is 0 Å². The maximum atomic E-state index is 13.2. The molecule has 3 rings (SSSR count). The molecule has 0 aromatic heterocycles. The normalized spacial score (nSPS) is 23.8. The third-order valence-corrected chi connectivity index (χ3v) is 5.97. The van der Waals surface area contributed by atoms with Crippen LogP contribution in [-0.2, 0) is 16.0 Å². The number of likely N-dealkylation sites (tertiary alicyclic amines) is 1. The molecule has 0 radical (unpaired) electrons. The number of carbonyl (C=O) groups is 1. The summed E-state index contributed by atoms with van der Waals surface area (Å²) in [7, 11) is 3.80. The van der Waals surface area contributed by atoms with E-state index in [0.717, 1.165) is 29.7 Å². The number of esters is 1.